The van der Waals surface area contributed by atoms with E-state index in [0.29, 0.717) is 30.3 Å². The number of thiophene rings is 1. The lowest BCUT2D eigenvalue weighted by Gasteiger charge is -2.29. The van der Waals surface area contributed by atoms with Gasteiger partial charge in [-0.15, -0.1) is 11.3 Å². The Kier molecular flexibility index (Phi) is 9.54. The van der Waals surface area contributed by atoms with Gasteiger partial charge < -0.3 is 15.1 Å². The van der Waals surface area contributed by atoms with E-state index in [2.05, 4.69) is 38.2 Å². The minimum Gasteiger partial charge on any atom is -0.332 e. The molecular weight excluding hydrogens is 466 g/mol. The monoisotopic (exact) mass is 497 g/mol. The molecule has 1 N–H and O–H groups in total. The number of nitrogens with zero attached hydrogens (tertiary/aromatic N) is 2. The third kappa shape index (κ3) is 7.89. The second-order valence-electron chi connectivity index (χ2n) is 8.58. The highest BCUT2D eigenvalue weighted by molar-refractivity contribution is 7.11. The predicted octanol–water partition coefficient (Wildman–Crippen LogP) is 6.82. The number of halogens is 1. The minimum absolute atomic E-state index is 0.00787. The van der Waals surface area contributed by atoms with E-state index in [-0.39, 0.29) is 24.4 Å². The van der Waals surface area contributed by atoms with Crippen LogP contribution in [0.3, 0.4) is 0 Å². The molecule has 1 aromatic heterocycles. The number of benzene rings is 2. The van der Waals surface area contributed by atoms with Crippen LogP contribution in [0.2, 0.25) is 5.02 Å². The Morgan fingerprint density at radius 1 is 1.00 bits per heavy atom. The average molecular weight is 498 g/mol. The molecule has 1 atom stereocenters. The summed E-state index contributed by atoms with van der Waals surface area (Å²) in [6, 6.07) is 20.8. The molecule has 0 fully saturated rings. The Morgan fingerprint density at radius 3 is 2.41 bits per heavy atom. The van der Waals surface area contributed by atoms with Gasteiger partial charge in [-0.2, -0.15) is 0 Å². The van der Waals surface area contributed by atoms with Crippen LogP contribution < -0.4 is 5.32 Å². The van der Waals surface area contributed by atoms with Gasteiger partial charge in [-0.25, -0.2) is 4.79 Å². The molecule has 0 aliphatic rings. The van der Waals surface area contributed by atoms with Crippen molar-refractivity contribution in [3.63, 3.8) is 0 Å². The number of anilines is 1. The Bertz CT molecular complexity index is 1090. The molecular formula is C27H32ClN3O2S. The second-order valence-corrected chi connectivity index (χ2v) is 10.4. The molecule has 34 heavy (non-hydrogen) atoms. The van der Waals surface area contributed by atoms with Crippen LogP contribution in [0.5, 0.6) is 0 Å². The van der Waals surface area contributed by atoms with E-state index in [4.69, 9.17) is 11.6 Å². The highest BCUT2D eigenvalue weighted by Crippen LogP contribution is 2.20. The lowest BCUT2D eigenvalue weighted by atomic mass is 10.1. The fraction of sp³-hybridized carbons (Fsp3) is 0.333. The van der Waals surface area contributed by atoms with Crippen LogP contribution in [0, 0.1) is 12.8 Å². The van der Waals surface area contributed by atoms with E-state index in [1.165, 1.54) is 4.88 Å². The van der Waals surface area contributed by atoms with E-state index < -0.39 is 0 Å². The topological polar surface area (TPSA) is 52.7 Å². The molecule has 180 valence electrons. The molecule has 3 amide bonds. The molecule has 1 heterocycles. The first-order valence-corrected chi connectivity index (χ1v) is 12.7. The minimum atomic E-state index is -0.303. The summed E-state index contributed by atoms with van der Waals surface area (Å²) in [4.78, 5) is 32.5. The SMILES string of the molecule is CCC(C)CN(CC(=O)N(Cc1ccccc1)Cc1ccc(C)s1)C(=O)Nc1cccc(Cl)c1. The molecule has 3 aromatic rings. The highest BCUT2D eigenvalue weighted by Gasteiger charge is 2.23. The van der Waals surface area contributed by atoms with Crippen LogP contribution >= 0.6 is 22.9 Å². The summed E-state index contributed by atoms with van der Waals surface area (Å²) >= 11 is 7.76. The van der Waals surface area contributed by atoms with Gasteiger partial charge in [-0.3, -0.25) is 4.79 Å². The molecule has 1 unspecified atom stereocenters. The number of nitrogens with one attached hydrogen (secondary N) is 1. The molecule has 3 rings (SSSR count). The highest BCUT2D eigenvalue weighted by atomic mass is 35.5. The van der Waals surface area contributed by atoms with Gasteiger partial charge in [0.25, 0.3) is 0 Å². The van der Waals surface area contributed by atoms with Crippen LogP contribution in [0.1, 0.15) is 35.6 Å². The van der Waals surface area contributed by atoms with Crippen LogP contribution in [-0.2, 0) is 17.9 Å². The van der Waals surface area contributed by atoms with Gasteiger partial charge in [0.05, 0.1) is 6.54 Å². The quantitative estimate of drug-likeness (QED) is 0.334. The largest absolute Gasteiger partial charge is 0.332 e. The molecule has 0 aliphatic heterocycles. The summed E-state index contributed by atoms with van der Waals surface area (Å²) in [6.45, 7) is 7.73. The van der Waals surface area contributed by atoms with Gasteiger partial charge in [-0.1, -0.05) is 68.3 Å². The standard InChI is InChI=1S/C27H32ClN3O2S/c1-4-20(2)16-31(27(33)29-24-12-8-11-23(28)15-24)19-26(32)30(17-22-9-6-5-7-10-22)18-25-14-13-21(3)34-25/h5-15,20H,4,16-19H2,1-3H3,(H,29,33). The van der Waals surface area contributed by atoms with Crippen molar-refractivity contribution in [2.24, 2.45) is 5.92 Å². The smallest absolute Gasteiger partial charge is 0.322 e. The molecule has 0 saturated heterocycles. The summed E-state index contributed by atoms with van der Waals surface area (Å²) in [5.41, 5.74) is 1.66. The fourth-order valence-corrected chi connectivity index (χ4v) is 4.65. The fourth-order valence-electron chi connectivity index (χ4n) is 3.55. The van der Waals surface area contributed by atoms with Gasteiger partial charge in [0, 0.05) is 33.6 Å². The van der Waals surface area contributed by atoms with Crippen molar-refractivity contribution in [3.05, 3.63) is 87.1 Å². The first kappa shape index (κ1) is 25.8. The van der Waals surface area contributed by atoms with Crippen LogP contribution in [0.25, 0.3) is 0 Å². The van der Waals surface area contributed by atoms with Crippen molar-refractivity contribution < 1.29 is 9.59 Å². The number of aryl methyl sites for hydroxylation is 1. The van der Waals surface area contributed by atoms with E-state index in [1.54, 1.807) is 40.5 Å². The lowest BCUT2D eigenvalue weighted by Crippen LogP contribution is -2.45. The Balaban J connectivity index is 1.78. The second kappa shape index (κ2) is 12.6. The molecule has 0 bridgehead atoms. The van der Waals surface area contributed by atoms with E-state index in [9.17, 15) is 9.59 Å². The Labute approximate surface area is 211 Å². The lowest BCUT2D eigenvalue weighted by molar-refractivity contribution is -0.133. The maximum atomic E-state index is 13.5. The zero-order chi connectivity index (χ0) is 24.5. The molecule has 0 radical (unpaired) electrons. The number of hydrogen-bond acceptors (Lipinski definition) is 3. The molecule has 5 nitrogen and oxygen atoms in total. The van der Waals surface area contributed by atoms with Crippen molar-refractivity contribution >= 4 is 40.6 Å². The maximum absolute atomic E-state index is 13.5. The van der Waals surface area contributed by atoms with Crippen molar-refractivity contribution in [2.75, 3.05) is 18.4 Å². The zero-order valence-corrected chi connectivity index (χ0v) is 21.5. The summed E-state index contributed by atoms with van der Waals surface area (Å²) in [5, 5.41) is 3.44. The first-order chi connectivity index (χ1) is 16.3. The van der Waals surface area contributed by atoms with Gasteiger partial charge in [0.15, 0.2) is 0 Å². The number of amides is 3. The van der Waals surface area contributed by atoms with Crippen molar-refractivity contribution in [1.82, 2.24) is 9.80 Å². The summed E-state index contributed by atoms with van der Waals surface area (Å²) < 4.78 is 0. The third-order valence-corrected chi connectivity index (χ3v) is 6.85. The number of hydrogen-bond donors (Lipinski definition) is 1. The van der Waals surface area contributed by atoms with E-state index in [1.807, 2.05) is 35.2 Å². The Morgan fingerprint density at radius 2 is 1.76 bits per heavy atom. The predicted molar refractivity (Wildman–Crippen MR) is 141 cm³/mol. The molecule has 0 spiro atoms. The van der Waals surface area contributed by atoms with Gasteiger partial charge in [-0.05, 0) is 48.7 Å². The van der Waals surface area contributed by atoms with Crippen molar-refractivity contribution in [2.45, 2.75) is 40.3 Å². The Hall–Kier alpha value is -2.83. The van der Waals surface area contributed by atoms with Crippen LogP contribution in [0.4, 0.5) is 10.5 Å². The normalized spacial score (nSPS) is 11.6. The number of rotatable bonds is 10. The van der Waals surface area contributed by atoms with Crippen LogP contribution in [-0.4, -0.2) is 34.8 Å². The van der Waals surface area contributed by atoms with E-state index in [0.717, 1.165) is 16.9 Å². The van der Waals surface area contributed by atoms with Crippen molar-refractivity contribution in [1.29, 1.82) is 0 Å². The van der Waals surface area contributed by atoms with Gasteiger partial charge >= 0.3 is 6.03 Å². The number of carbonyl (C=O) groups excluding carboxylic acids is 2. The third-order valence-electron chi connectivity index (χ3n) is 5.63. The molecule has 0 aliphatic carbocycles. The average Bonchev–Trinajstić information content (AvgIpc) is 3.23. The van der Waals surface area contributed by atoms with Crippen molar-refractivity contribution in [3.8, 4) is 0 Å². The number of carbonyl (C=O) groups is 2. The first-order valence-electron chi connectivity index (χ1n) is 11.5. The zero-order valence-electron chi connectivity index (χ0n) is 20.0. The molecule has 0 saturated carbocycles. The van der Waals surface area contributed by atoms with Crippen LogP contribution in [0.15, 0.2) is 66.7 Å². The summed E-state index contributed by atoms with van der Waals surface area (Å²) in [6.07, 6.45) is 0.914. The maximum Gasteiger partial charge on any atom is 0.322 e. The summed E-state index contributed by atoms with van der Waals surface area (Å²) in [7, 11) is 0. The van der Waals surface area contributed by atoms with Gasteiger partial charge in [0.1, 0.15) is 6.54 Å². The molecule has 2 aromatic carbocycles. The molecule has 7 heteroatoms. The van der Waals surface area contributed by atoms with Gasteiger partial charge in [0.2, 0.25) is 5.91 Å². The summed E-state index contributed by atoms with van der Waals surface area (Å²) in [5.74, 6) is 0.180. The number of urea groups is 1. The van der Waals surface area contributed by atoms with E-state index >= 15 is 0 Å².